The number of nitrogens with zero attached hydrogens (tertiary/aromatic N) is 4. The number of benzene rings is 2. The molecule has 0 bridgehead atoms. The molecule has 0 spiro atoms. The van der Waals surface area contributed by atoms with Crippen molar-refractivity contribution >= 4 is 5.91 Å². The molecule has 1 atom stereocenters. The molecule has 0 radical (unpaired) electrons. The molecular weight excluding hydrogens is 378 g/mol. The van der Waals surface area contributed by atoms with Crippen LogP contribution in [0.1, 0.15) is 30.6 Å². The molecule has 2 aromatic carbocycles. The van der Waals surface area contributed by atoms with Crippen LogP contribution in [0.15, 0.2) is 61.2 Å². The number of carbonyl (C=O) groups is 1. The molecular formula is C21H20F2N4O2. The molecule has 4 rings (SSSR count). The van der Waals surface area contributed by atoms with Crippen LogP contribution in [0.4, 0.5) is 8.78 Å². The molecule has 2 heterocycles. The van der Waals surface area contributed by atoms with E-state index in [0.717, 1.165) is 25.0 Å². The molecule has 1 aliphatic rings. The van der Waals surface area contributed by atoms with Gasteiger partial charge in [0.25, 0.3) is 5.91 Å². The Bertz CT molecular complexity index is 958. The van der Waals surface area contributed by atoms with E-state index in [1.54, 1.807) is 35.5 Å². The summed E-state index contributed by atoms with van der Waals surface area (Å²) >= 11 is 0. The number of amides is 1. The van der Waals surface area contributed by atoms with E-state index in [1.807, 2.05) is 10.7 Å². The van der Waals surface area contributed by atoms with Crippen LogP contribution in [0.25, 0.3) is 0 Å². The first-order valence-electron chi connectivity index (χ1n) is 9.41. The maximum atomic E-state index is 13.6. The quantitative estimate of drug-likeness (QED) is 0.660. The second kappa shape index (κ2) is 8.38. The predicted octanol–water partition coefficient (Wildman–Crippen LogP) is 3.54. The number of carbonyl (C=O) groups excluding carboxylic acids is 1. The Morgan fingerprint density at radius 3 is 2.48 bits per heavy atom. The van der Waals surface area contributed by atoms with Crippen LogP contribution in [0, 0.1) is 11.6 Å². The minimum absolute atomic E-state index is 0.101. The van der Waals surface area contributed by atoms with Crippen molar-refractivity contribution in [1.29, 1.82) is 0 Å². The molecule has 0 N–H and O–H groups in total. The Hall–Kier alpha value is -3.29. The lowest BCUT2D eigenvalue weighted by Gasteiger charge is -2.34. The number of ether oxygens (including phenoxy) is 1. The smallest absolute Gasteiger partial charge is 0.268 e. The van der Waals surface area contributed by atoms with Gasteiger partial charge in [-0.15, -0.1) is 0 Å². The van der Waals surface area contributed by atoms with E-state index in [9.17, 15) is 13.6 Å². The van der Waals surface area contributed by atoms with E-state index in [-0.39, 0.29) is 17.7 Å². The molecule has 1 amide bonds. The monoisotopic (exact) mass is 398 g/mol. The normalized spacial score (nSPS) is 15.9. The Kier molecular flexibility index (Phi) is 5.50. The van der Waals surface area contributed by atoms with Crippen LogP contribution in [0.3, 0.4) is 0 Å². The fraction of sp³-hybridized carbons (Fsp3) is 0.286. The van der Waals surface area contributed by atoms with E-state index < -0.39 is 17.7 Å². The van der Waals surface area contributed by atoms with E-state index in [4.69, 9.17) is 4.74 Å². The van der Waals surface area contributed by atoms with Gasteiger partial charge in [0.2, 0.25) is 6.10 Å². The van der Waals surface area contributed by atoms with E-state index in [1.165, 1.54) is 12.4 Å². The molecule has 1 unspecified atom stereocenters. The van der Waals surface area contributed by atoms with Crippen LogP contribution >= 0.6 is 0 Å². The number of hydrogen-bond donors (Lipinski definition) is 0. The fourth-order valence-corrected chi connectivity index (χ4v) is 3.50. The summed E-state index contributed by atoms with van der Waals surface area (Å²) in [6, 6.07) is 12.5. The van der Waals surface area contributed by atoms with Gasteiger partial charge in [0.15, 0.2) is 11.6 Å². The Morgan fingerprint density at radius 2 is 1.83 bits per heavy atom. The predicted molar refractivity (Wildman–Crippen MR) is 101 cm³/mol. The van der Waals surface area contributed by atoms with Gasteiger partial charge in [0.05, 0.1) is 6.04 Å². The molecule has 1 saturated heterocycles. The second-order valence-corrected chi connectivity index (χ2v) is 6.92. The van der Waals surface area contributed by atoms with Crippen molar-refractivity contribution in [2.45, 2.75) is 25.0 Å². The first-order chi connectivity index (χ1) is 14.1. The zero-order chi connectivity index (χ0) is 20.2. The number of halogens is 2. The average Bonchev–Trinajstić information content (AvgIpc) is 3.30. The maximum absolute atomic E-state index is 13.6. The van der Waals surface area contributed by atoms with Gasteiger partial charge < -0.3 is 9.64 Å². The Balaban J connectivity index is 1.51. The third-order valence-electron chi connectivity index (χ3n) is 5.06. The maximum Gasteiger partial charge on any atom is 0.268 e. The highest BCUT2D eigenvalue weighted by molar-refractivity contribution is 5.82. The molecule has 1 aliphatic heterocycles. The minimum atomic E-state index is -1.02. The van der Waals surface area contributed by atoms with Gasteiger partial charge in [0.1, 0.15) is 18.4 Å². The highest BCUT2D eigenvalue weighted by Gasteiger charge is 2.31. The molecule has 0 saturated carbocycles. The van der Waals surface area contributed by atoms with Crippen molar-refractivity contribution in [2.24, 2.45) is 0 Å². The van der Waals surface area contributed by atoms with Crippen molar-refractivity contribution < 1.29 is 18.3 Å². The van der Waals surface area contributed by atoms with Crippen LogP contribution in [0.2, 0.25) is 0 Å². The van der Waals surface area contributed by atoms with Crippen molar-refractivity contribution in [3.05, 3.63) is 78.4 Å². The van der Waals surface area contributed by atoms with Gasteiger partial charge in [-0.1, -0.05) is 30.3 Å². The van der Waals surface area contributed by atoms with Gasteiger partial charge in [0, 0.05) is 24.7 Å². The van der Waals surface area contributed by atoms with Crippen molar-refractivity contribution in [1.82, 2.24) is 19.7 Å². The van der Waals surface area contributed by atoms with E-state index in [2.05, 4.69) is 10.1 Å². The Morgan fingerprint density at radius 1 is 1.07 bits per heavy atom. The number of rotatable bonds is 5. The van der Waals surface area contributed by atoms with Crippen LogP contribution < -0.4 is 4.74 Å². The molecule has 3 aromatic rings. The van der Waals surface area contributed by atoms with Crippen LogP contribution in [-0.4, -0.2) is 38.7 Å². The highest BCUT2D eigenvalue weighted by atomic mass is 19.2. The van der Waals surface area contributed by atoms with Crippen LogP contribution in [-0.2, 0) is 4.79 Å². The SMILES string of the molecule is O=C(C(Oc1ccc(F)c(F)c1)c1ccccc1)N1CCC(n2cncn2)CC1. The van der Waals surface area contributed by atoms with Gasteiger partial charge in [-0.2, -0.15) is 5.10 Å². The zero-order valence-corrected chi connectivity index (χ0v) is 15.6. The fourth-order valence-electron chi connectivity index (χ4n) is 3.50. The Labute approximate surface area is 166 Å². The molecule has 0 aliphatic carbocycles. The van der Waals surface area contributed by atoms with E-state index in [0.29, 0.717) is 18.7 Å². The van der Waals surface area contributed by atoms with Gasteiger partial charge in [-0.3, -0.25) is 4.79 Å². The number of likely N-dealkylation sites (tertiary alicyclic amines) is 1. The molecule has 6 nitrogen and oxygen atoms in total. The van der Waals surface area contributed by atoms with Crippen molar-refractivity contribution in [3.8, 4) is 5.75 Å². The molecule has 8 heteroatoms. The van der Waals surface area contributed by atoms with E-state index >= 15 is 0 Å². The van der Waals surface area contributed by atoms with Crippen molar-refractivity contribution in [2.75, 3.05) is 13.1 Å². The summed E-state index contributed by atoms with van der Waals surface area (Å²) < 4.78 is 34.5. The largest absolute Gasteiger partial charge is 0.476 e. The average molecular weight is 398 g/mol. The number of piperidine rings is 1. The number of aromatic nitrogens is 3. The van der Waals surface area contributed by atoms with Crippen molar-refractivity contribution in [3.63, 3.8) is 0 Å². The van der Waals surface area contributed by atoms with Crippen LogP contribution in [0.5, 0.6) is 5.75 Å². The summed E-state index contributed by atoms with van der Waals surface area (Å²) in [4.78, 5) is 19.0. The van der Waals surface area contributed by atoms with Gasteiger partial charge in [-0.25, -0.2) is 18.4 Å². The van der Waals surface area contributed by atoms with Gasteiger partial charge >= 0.3 is 0 Å². The molecule has 29 heavy (non-hydrogen) atoms. The summed E-state index contributed by atoms with van der Waals surface area (Å²) in [5.74, 6) is -2.09. The summed E-state index contributed by atoms with van der Waals surface area (Å²) in [7, 11) is 0. The number of hydrogen-bond acceptors (Lipinski definition) is 4. The first-order valence-corrected chi connectivity index (χ1v) is 9.41. The summed E-state index contributed by atoms with van der Waals surface area (Å²) in [5.41, 5.74) is 0.653. The summed E-state index contributed by atoms with van der Waals surface area (Å²) in [6.45, 7) is 1.10. The third-order valence-corrected chi connectivity index (χ3v) is 5.06. The third kappa shape index (κ3) is 4.26. The second-order valence-electron chi connectivity index (χ2n) is 6.92. The molecule has 150 valence electrons. The lowest BCUT2D eigenvalue weighted by Crippen LogP contribution is -2.42. The molecule has 1 aromatic heterocycles. The minimum Gasteiger partial charge on any atom is -0.476 e. The lowest BCUT2D eigenvalue weighted by atomic mass is 10.0. The van der Waals surface area contributed by atoms with Gasteiger partial charge in [-0.05, 0) is 25.0 Å². The zero-order valence-electron chi connectivity index (χ0n) is 15.6. The summed E-state index contributed by atoms with van der Waals surface area (Å²) in [6.07, 6.45) is 3.74. The summed E-state index contributed by atoms with van der Waals surface area (Å²) in [5, 5.41) is 4.17. The molecule has 1 fully saturated rings. The first kappa shape index (κ1) is 19.0. The highest BCUT2D eigenvalue weighted by Crippen LogP contribution is 2.28. The standard InChI is InChI=1S/C21H20F2N4O2/c22-18-7-6-17(12-19(18)23)29-20(15-4-2-1-3-5-15)21(28)26-10-8-16(9-11-26)27-14-24-13-25-27/h1-7,12-14,16,20H,8-11H2. The topological polar surface area (TPSA) is 60.2 Å². The lowest BCUT2D eigenvalue weighted by molar-refractivity contribution is -0.140.